The lowest BCUT2D eigenvalue weighted by atomic mass is 9.90. The second kappa shape index (κ2) is 30.8. The average molecular weight is 699 g/mol. The summed E-state index contributed by atoms with van der Waals surface area (Å²) in [6.45, 7) is 20.8. The van der Waals surface area contributed by atoms with E-state index < -0.39 is 10.8 Å². The highest BCUT2D eigenvalue weighted by molar-refractivity contribution is 7.85. The summed E-state index contributed by atoms with van der Waals surface area (Å²) < 4.78 is 55.6. The van der Waals surface area contributed by atoms with Crippen LogP contribution in [0.5, 0.6) is 0 Å². The molecule has 0 aliphatic rings. The first kappa shape index (κ1) is 45.8. The molecule has 0 aromatic carbocycles. The van der Waals surface area contributed by atoms with Crippen LogP contribution in [0.2, 0.25) is 0 Å². The van der Waals surface area contributed by atoms with Gasteiger partial charge in [-0.3, -0.25) is 13.8 Å². The number of nitrogens with one attached hydrogen (secondary N) is 2. The Morgan fingerprint density at radius 3 is 1.19 bits per heavy atom. The van der Waals surface area contributed by atoms with Crippen molar-refractivity contribution < 1.29 is 51.7 Å². The lowest BCUT2D eigenvalue weighted by Gasteiger charge is -2.17. The van der Waals surface area contributed by atoms with Gasteiger partial charge in [0.25, 0.3) is 0 Å². The Morgan fingerprint density at radius 2 is 0.809 bits per heavy atom. The molecule has 0 aromatic heterocycles. The molecule has 0 fully saturated rings. The van der Waals surface area contributed by atoms with Crippen molar-refractivity contribution in [1.82, 2.24) is 10.6 Å². The Labute approximate surface area is 286 Å². The number of ether oxygens (including phenoxy) is 8. The molecule has 14 heteroatoms. The van der Waals surface area contributed by atoms with Gasteiger partial charge in [-0.2, -0.15) is 0 Å². The van der Waals surface area contributed by atoms with Crippen LogP contribution < -0.4 is 10.6 Å². The first-order valence-corrected chi connectivity index (χ1v) is 18.4. The van der Waals surface area contributed by atoms with Gasteiger partial charge in [-0.25, -0.2) is 0 Å². The molecule has 0 spiro atoms. The number of hydrogen-bond acceptors (Lipinski definition) is 11. The van der Waals surface area contributed by atoms with E-state index in [9.17, 15) is 13.8 Å². The molecule has 0 heterocycles. The predicted octanol–water partition coefficient (Wildman–Crippen LogP) is 2.36. The zero-order valence-corrected chi connectivity index (χ0v) is 31.0. The molecule has 0 aliphatic heterocycles. The SMILES string of the molecule is CC(C)(C)CCC(=O)NCCOCCOCCOCCOCCOCCOCCOCCOCCC(=O)NCCS(=O)CC(C)(C)C. The van der Waals surface area contributed by atoms with E-state index in [2.05, 4.69) is 52.2 Å². The first-order valence-electron chi connectivity index (χ1n) is 16.9. The van der Waals surface area contributed by atoms with Crippen molar-refractivity contribution in [2.75, 3.05) is 130 Å². The van der Waals surface area contributed by atoms with Crippen LogP contribution in [0.25, 0.3) is 0 Å². The molecular formula is C33H66N2O11S. The van der Waals surface area contributed by atoms with Crippen molar-refractivity contribution >= 4 is 22.6 Å². The van der Waals surface area contributed by atoms with Gasteiger partial charge in [0.15, 0.2) is 0 Å². The molecule has 13 nitrogen and oxygen atoms in total. The van der Waals surface area contributed by atoms with E-state index in [1.54, 1.807) is 0 Å². The maximum absolute atomic E-state index is 11.9. The molecule has 280 valence electrons. The summed E-state index contributed by atoms with van der Waals surface area (Å²) in [5.74, 6) is 1.05. The van der Waals surface area contributed by atoms with Gasteiger partial charge in [-0.1, -0.05) is 41.5 Å². The van der Waals surface area contributed by atoms with Crippen molar-refractivity contribution in [1.29, 1.82) is 0 Å². The molecule has 1 unspecified atom stereocenters. The van der Waals surface area contributed by atoms with Crippen LogP contribution >= 0.6 is 0 Å². The quantitative estimate of drug-likeness (QED) is 0.0974. The maximum Gasteiger partial charge on any atom is 0.222 e. The van der Waals surface area contributed by atoms with Crippen LogP contribution in [0.1, 0.15) is 60.8 Å². The largest absolute Gasteiger partial charge is 0.379 e. The van der Waals surface area contributed by atoms with E-state index in [1.807, 2.05) is 0 Å². The average Bonchev–Trinajstić information content (AvgIpc) is 2.98. The smallest absolute Gasteiger partial charge is 0.222 e. The van der Waals surface area contributed by atoms with Gasteiger partial charge in [0.1, 0.15) is 0 Å². The van der Waals surface area contributed by atoms with Crippen LogP contribution in [0, 0.1) is 10.8 Å². The molecule has 0 saturated carbocycles. The number of carbonyl (C=O) groups is 2. The Morgan fingerprint density at radius 1 is 0.468 bits per heavy atom. The highest BCUT2D eigenvalue weighted by Gasteiger charge is 2.15. The van der Waals surface area contributed by atoms with E-state index in [4.69, 9.17) is 37.9 Å². The Balaban J connectivity index is 3.22. The third kappa shape index (κ3) is 39.1. The van der Waals surface area contributed by atoms with Crippen molar-refractivity contribution in [2.45, 2.75) is 60.8 Å². The van der Waals surface area contributed by atoms with Crippen molar-refractivity contribution in [3.8, 4) is 0 Å². The number of carbonyl (C=O) groups excluding carboxylic acids is 2. The zero-order chi connectivity index (χ0) is 35.1. The Bertz CT molecular complexity index is 777. The lowest BCUT2D eigenvalue weighted by molar-refractivity contribution is -0.122. The summed E-state index contributed by atoms with van der Waals surface area (Å²) in [7, 11) is -0.928. The summed E-state index contributed by atoms with van der Waals surface area (Å²) in [6.07, 6.45) is 1.67. The normalized spacial score (nSPS) is 12.7. The fraction of sp³-hybridized carbons (Fsp3) is 0.939. The minimum absolute atomic E-state index is 0.0193. The van der Waals surface area contributed by atoms with Crippen LogP contribution in [0.3, 0.4) is 0 Å². The molecule has 2 amide bonds. The number of amides is 2. The molecule has 0 saturated heterocycles. The fourth-order valence-corrected chi connectivity index (χ4v) is 5.03. The van der Waals surface area contributed by atoms with E-state index in [1.165, 1.54) is 0 Å². The number of rotatable bonds is 33. The highest BCUT2D eigenvalue weighted by Crippen LogP contribution is 2.20. The zero-order valence-electron chi connectivity index (χ0n) is 30.2. The molecule has 1 atom stereocenters. The minimum Gasteiger partial charge on any atom is -0.379 e. The molecule has 0 radical (unpaired) electrons. The molecule has 0 aliphatic carbocycles. The van der Waals surface area contributed by atoms with Crippen molar-refractivity contribution in [3.63, 3.8) is 0 Å². The second-order valence-corrected chi connectivity index (χ2v) is 14.8. The van der Waals surface area contributed by atoms with E-state index in [0.29, 0.717) is 137 Å². The monoisotopic (exact) mass is 698 g/mol. The number of hydrogen-bond donors (Lipinski definition) is 2. The van der Waals surface area contributed by atoms with Crippen LogP contribution in [0.15, 0.2) is 0 Å². The van der Waals surface area contributed by atoms with Crippen LogP contribution in [-0.2, 0) is 58.3 Å². The van der Waals surface area contributed by atoms with E-state index >= 15 is 0 Å². The van der Waals surface area contributed by atoms with Gasteiger partial charge in [-0.15, -0.1) is 0 Å². The van der Waals surface area contributed by atoms with Gasteiger partial charge < -0.3 is 48.5 Å². The van der Waals surface area contributed by atoms with Gasteiger partial charge in [0, 0.05) is 48.2 Å². The van der Waals surface area contributed by atoms with Crippen LogP contribution in [0.4, 0.5) is 0 Å². The van der Waals surface area contributed by atoms with Crippen molar-refractivity contribution in [2.24, 2.45) is 10.8 Å². The topological polar surface area (TPSA) is 149 Å². The van der Waals surface area contributed by atoms with E-state index in [-0.39, 0.29) is 29.1 Å². The summed E-state index contributed by atoms with van der Waals surface area (Å²) in [5.41, 5.74) is 0.181. The van der Waals surface area contributed by atoms with Gasteiger partial charge >= 0.3 is 0 Å². The van der Waals surface area contributed by atoms with Gasteiger partial charge in [-0.05, 0) is 17.3 Å². The molecule has 2 N–H and O–H groups in total. The summed E-state index contributed by atoms with van der Waals surface area (Å²) in [4.78, 5) is 23.5. The standard InChI is InChI=1S/C33H66N2O11S/c1-32(2,3)9-7-30(36)34-10-13-40-15-17-42-19-21-44-23-25-46-27-26-45-24-22-43-20-18-41-16-14-39-12-8-31(37)35-11-28-47(38)29-33(4,5)6/h7-29H2,1-6H3,(H,34,36)(H,35,37). The molecule has 0 aromatic rings. The fourth-order valence-electron chi connectivity index (χ4n) is 3.59. The maximum atomic E-state index is 11.9. The van der Waals surface area contributed by atoms with E-state index in [0.717, 1.165) is 6.42 Å². The third-order valence-electron chi connectivity index (χ3n) is 5.99. The summed E-state index contributed by atoms with van der Waals surface area (Å²) in [6, 6.07) is 0. The highest BCUT2D eigenvalue weighted by atomic mass is 32.2. The van der Waals surface area contributed by atoms with Gasteiger partial charge in [0.2, 0.25) is 11.8 Å². The second-order valence-electron chi connectivity index (χ2n) is 13.3. The molecule has 0 bridgehead atoms. The van der Waals surface area contributed by atoms with Crippen LogP contribution in [-0.4, -0.2) is 146 Å². The predicted molar refractivity (Wildman–Crippen MR) is 183 cm³/mol. The summed E-state index contributed by atoms with van der Waals surface area (Å²) >= 11 is 0. The minimum atomic E-state index is -0.928. The first-order chi connectivity index (χ1) is 22.4. The van der Waals surface area contributed by atoms with Gasteiger partial charge in [0.05, 0.1) is 106 Å². The molecule has 47 heavy (non-hydrogen) atoms. The third-order valence-corrected chi connectivity index (χ3v) is 7.84. The van der Waals surface area contributed by atoms with Crippen molar-refractivity contribution in [3.05, 3.63) is 0 Å². The Kier molecular flexibility index (Phi) is 30.0. The molecule has 0 rings (SSSR count). The Hall–Kier alpha value is -1.23. The summed E-state index contributed by atoms with van der Waals surface area (Å²) in [5, 5.41) is 5.64. The lowest BCUT2D eigenvalue weighted by Crippen LogP contribution is -2.30. The molecular weight excluding hydrogens is 632 g/mol.